The molecule has 3 amide bonds. The smallest absolute Gasteiger partial charge is 0.344 e. The number of urea groups is 1. The van der Waals surface area contributed by atoms with Gasteiger partial charge in [-0.2, -0.15) is 13.2 Å². The number of aromatic nitrogens is 2. The predicted octanol–water partition coefficient (Wildman–Crippen LogP) is 3.83. The number of Topliss-reactive ketones (excluding diaryl/α,β-unsaturated/α-hetero) is 1. The van der Waals surface area contributed by atoms with Crippen molar-refractivity contribution >= 4 is 29.2 Å². The van der Waals surface area contributed by atoms with Crippen LogP contribution in [0, 0.1) is 5.92 Å². The van der Waals surface area contributed by atoms with Gasteiger partial charge in [-0.3, -0.25) is 24.3 Å². The third-order valence-corrected chi connectivity index (χ3v) is 5.25. The maximum Gasteiger partial charge on any atom is 0.452 e. The zero-order valence-corrected chi connectivity index (χ0v) is 19.9. The number of hydrogen-bond acceptors (Lipinski definition) is 5. The van der Waals surface area contributed by atoms with Crippen LogP contribution in [0.2, 0.25) is 0 Å². The van der Waals surface area contributed by atoms with Crippen LogP contribution in [-0.2, 0) is 16.1 Å². The number of alkyl halides is 3. The number of nitrogens with one attached hydrogen (secondary N) is 3. The van der Waals surface area contributed by atoms with Crippen LogP contribution >= 0.6 is 0 Å². The molecular weight excluding hydrogens is 491 g/mol. The van der Waals surface area contributed by atoms with Crippen molar-refractivity contribution in [3.63, 3.8) is 0 Å². The van der Waals surface area contributed by atoms with E-state index in [9.17, 15) is 32.3 Å². The second kappa shape index (κ2) is 11.5. The summed E-state index contributed by atoms with van der Waals surface area (Å²) >= 11 is 0. The summed E-state index contributed by atoms with van der Waals surface area (Å²) in [5.41, 5.74) is -0.146. The van der Waals surface area contributed by atoms with E-state index in [1.165, 1.54) is 38.2 Å². The highest BCUT2D eigenvalue weighted by Crippen LogP contribution is 2.22. The molecule has 1 aromatic carbocycles. The lowest BCUT2D eigenvalue weighted by atomic mass is 9.99. The summed E-state index contributed by atoms with van der Waals surface area (Å²) in [6.07, 6.45) is -3.68. The van der Waals surface area contributed by atoms with Gasteiger partial charge in [-0.25, -0.2) is 9.78 Å². The summed E-state index contributed by atoms with van der Waals surface area (Å²) in [4.78, 5) is 54.2. The highest BCUT2D eigenvalue weighted by Gasteiger charge is 2.45. The van der Waals surface area contributed by atoms with E-state index in [0.29, 0.717) is 5.56 Å². The highest BCUT2D eigenvalue weighted by molar-refractivity contribution is 5.99. The fourth-order valence-electron chi connectivity index (χ4n) is 3.47. The number of rotatable bonds is 8. The fraction of sp³-hybridized carbons (Fsp3) is 0.240. The number of nitrogens with zero attached hydrogens (tertiary/aromatic N) is 2. The Hall–Kier alpha value is -4.48. The Labute approximate surface area is 209 Å². The van der Waals surface area contributed by atoms with Gasteiger partial charge >= 0.3 is 12.2 Å². The first-order valence-electron chi connectivity index (χ1n) is 11.2. The van der Waals surface area contributed by atoms with E-state index in [1.54, 1.807) is 42.5 Å². The Morgan fingerprint density at radius 1 is 0.946 bits per heavy atom. The van der Waals surface area contributed by atoms with Gasteiger partial charge in [0, 0.05) is 6.20 Å². The van der Waals surface area contributed by atoms with E-state index in [-0.39, 0.29) is 17.2 Å². The summed E-state index contributed by atoms with van der Waals surface area (Å²) < 4.78 is 40.0. The molecule has 12 heteroatoms. The Balaban J connectivity index is 1.92. The molecule has 0 aliphatic heterocycles. The van der Waals surface area contributed by atoms with E-state index >= 15 is 0 Å². The van der Waals surface area contributed by atoms with Crippen molar-refractivity contribution in [1.82, 2.24) is 14.9 Å². The second-order valence-corrected chi connectivity index (χ2v) is 8.33. The topological polar surface area (TPSA) is 122 Å². The molecule has 0 saturated heterocycles. The van der Waals surface area contributed by atoms with Gasteiger partial charge in [-0.1, -0.05) is 50.2 Å². The number of carbonyl (C=O) groups excluding carboxylic acids is 3. The lowest BCUT2D eigenvalue weighted by molar-refractivity contribution is -0.174. The fourth-order valence-corrected chi connectivity index (χ4v) is 3.47. The SMILES string of the molecule is CC(C)C(NC(=O)Cn1c(-c2ccccc2)ccc(NC(=O)Nc2ccccn2)c1=O)C(=O)C(F)(F)F. The molecule has 37 heavy (non-hydrogen) atoms. The molecular formula is C25H24F3N5O4. The van der Waals surface area contributed by atoms with Gasteiger partial charge in [0.1, 0.15) is 18.1 Å². The van der Waals surface area contributed by atoms with Crippen LogP contribution in [-0.4, -0.2) is 39.5 Å². The number of pyridine rings is 2. The zero-order valence-electron chi connectivity index (χ0n) is 19.9. The monoisotopic (exact) mass is 515 g/mol. The van der Waals surface area contributed by atoms with E-state index < -0.39 is 48.0 Å². The quantitative estimate of drug-likeness (QED) is 0.421. The first-order valence-corrected chi connectivity index (χ1v) is 11.2. The van der Waals surface area contributed by atoms with Crippen LogP contribution in [0.5, 0.6) is 0 Å². The molecule has 0 bridgehead atoms. The number of amides is 3. The second-order valence-electron chi connectivity index (χ2n) is 8.33. The Morgan fingerprint density at radius 2 is 1.62 bits per heavy atom. The molecule has 2 aromatic heterocycles. The number of hydrogen-bond donors (Lipinski definition) is 3. The molecule has 1 atom stereocenters. The first kappa shape index (κ1) is 27.1. The zero-order chi connectivity index (χ0) is 27.2. The van der Waals surface area contributed by atoms with E-state index in [0.717, 1.165) is 4.57 Å². The van der Waals surface area contributed by atoms with Crippen molar-refractivity contribution in [1.29, 1.82) is 0 Å². The van der Waals surface area contributed by atoms with Crippen molar-refractivity contribution in [3.05, 3.63) is 77.2 Å². The molecule has 3 aromatic rings. The standard InChI is InChI=1S/C25H24F3N5O4/c1-15(2)21(22(35)25(26,27)28)32-20(34)14-33-18(16-8-4-3-5-9-16)12-11-17(23(33)36)30-24(37)31-19-10-6-7-13-29-19/h3-13,15,21H,14H2,1-2H3,(H,32,34)(H2,29,30,31,37). The Kier molecular flexibility index (Phi) is 8.43. The number of anilines is 2. The Bertz CT molecular complexity index is 1330. The molecule has 0 fully saturated rings. The summed E-state index contributed by atoms with van der Waals surface area (Å²) in [5.74, 6) is -3.69. The van der Waals surface area contributed by atoms with Crippen LogP contribution in [0.1, 0.15) is 13.8 Å². The Morgan fingerprint density at radius 3 is 2.22 bits per heavy atom. The van der Waals surface area contributed by atoms with Crippen molar-refractivity contribution < 1.29 is 27.6 Å². The maximum absolute atomic E-state index is 13.3. The van der Waals surface area contributed by atoms with Crippen LogP contribution in [0.15, 0.2) is 71.7 Å². The molecule has 1 unspecified atom stereocenters. The minimum atomic E-state index is -5.14. The number of carbonyl (C=O) groups is 3. The molecule has 2 heterocycles. The lowest BCUT2D eigenvalue weighted by Crippen LogP contribution is -2.50. The number of halogens is 3. The maximum atomic E-state index is 13.3. The largest absolute Gasteiger partial charge is 0.452 e. The molecule has 0 radical (unpaired) electrons. The lowest BCUT2D eigenvalue weighted by Gasteiger charge is -2.23. The van der Waals surface area contributed by atoms with Crippen LogP contribution in [0.25, 0.3) is 11.3 Å². The minimum absolute atomic E-state index is 0.187. The summed E-state index contributed by atoms with van der Waals surface area (Å²) in [5, 5.41) is 6.94. The number of benzene rings is 1. The van der Waals surface area contributed by atoms with Crippen molar-refractivity contribution in [2.75, 3.05) is 10.6 Å². The predicted molar refractivity (Wildman–Crippen MR) is 131 cm³/mol. The normalized spacial score (nSPS) is 12.1. The summed E-state index contributed by atoms with van der Waals surface area (Å²) in [6.45, 7) is 2.02. The van der Waals surface area contributed by atoms with Gasteiger partial charge in [0.05, 0.1) is 11.7 Å². The summed E-state index contributed by atoms with van der Waals surface area (Å²) in [7, 11) is 0. The van der Waals surface area contributed by atoms with Gasteiger partial charge < -0.3 is 10.6 Å². The van der Waals surface area contributed by atoms with Crippen molar-refractivity contribution in [3.8, 4) is 11.3 Å². The third kappa shape index (κ3) is 7.03. The van der Waals surface area contributed by atoms with Crippen LogP contribution in [0.4, 0.5) is 29.5 Å². The third-order valence-electron chi connectivity index (χ3n) is 5.25. The van der Waals surface area contributed by atoms with Crippen molar-refractivity contribution in [2.45, 2.75) is 32.6 Å². The van der Waals surface area contributed by atoms with Gasteiger partial charge in [0.25, 0.3) is 11.3 Å². The van der Waals surface area contributed by atoms with Gasteiger partial charge in [-0.05, 0) is 35.7 Å². The number of ketones is 1. The van der Waals surface area contributed by atoms with Crippen LogP contribution in [0.3, 0.4) is 0 Å². The first-order chi connectivity index (χ1) is 17.5. The van der Waals surface area contributed by atoms with E-state index in [2.05, 4.69) is 20.9 Å². The van der Waals surface area contributed by atoms with E-state index in [1.807, 2.05) is 0 Å². The molecule has 3 N–H and O–H groups in total. The molecule has 0 spiro atoms. The van der Waals surface area contributed by atoms with Crippen molar-refractivity contribution in [2.24, 2.45) is 5.92 Å². The highest BCUT2D eigenvalue weighted by atomic mass is 19.4. The molecule has 3 rings (SSSR count). The molecule has 0 aliphatic rings. The average Bonchev–Trinajstić information content (AvgIpc) is 2.85. The molecule has 9 nitrogen and oxygen atoms in total. The van der Waals surface area contributed by atoms with Gasteiger partial charge in [-0.15, -0.1) is 0 Å². The molecule has 0 aliphatic carbocycles. The molecule has 0 saturated carbocycles. The van der Waals surface area contributed by atoms with Crippen LogP contribution < -0.4 is 21.5 Å². The summed E-state index contributed by atoms with van der Waals surface area (Å²) in [6, 6.07) is 13.6. The van der Waals surface area contributed by atoms with Gasteiger partial charge in [0.15, 0.2) is 0 Å². The van der Waals surface area contributed by atoms with E-state index in [4.69, 9.17) is 0 Å². The molecule has 194 valence electrons. The average molecular weight is 515 g/mol. The minimum Gasteiger partial charge on any atom is -0.344 e. The van der Waals surface area contributed by atoms with Gasteiger partial charge in [0.2, 0.25) is 5.91 Å².